The minimum absolute atomic E-state index is 0.0295. The Morgan fingerprint density at radius 2 is 2.04 bits per heavy atom. The second kappa shape index (κ2) is 9.33. The summed E-state index contributed by atoms with van der Waals surface area (Å²) in [5.74, 6) is 0. The van der Waals surface area contributed by atoms with Crippen molar-refractivity contribution in [3.63, 3.8) is 0 Å². The van der Waals surface area contributed by atoms with Crippen molar-refractivity contribution in [1.29, 1.82) is 0 Å². The number of hydrogen-bond donors (Lipinski definition) is 1. The highest BCUT2D eigenvalue weighted by atomic mass is 32.1. The van der Waals surface area contributed by atoms with Gasteiger partial charge < -0.3 is 9.57 Å². The maximum absolute atomic E-state index is 11.9. The number of nitrogens with one attached hydrogen (secondary N) is 1. The minimum atomic E-state index is -0.434. The summed E-state index contributed by atoms with van der Waals surface area (Å²) in [5.41, 5.74) is 2.53. The van der Waals surface area contributed by atoms with E-state index < -0.39 is 6.09 Å². The predicted molar refractivity (Wildman–Crippen MR) is 103 cm³/mol. The van der Waals surface area contributed by atoms with Crippen LogP contribution in [0.15, 0.2) is 40.9 Å². The summed E-state index contributed by atoms with van der Waals surface area (Å²) in [6.45, 7) is 2.14. The number of carbonyl (C=O) groups is 1. The van der Waals surface area contributed by atoms with Gasteiger partial charge in [0, 0.05) is 5.38 Å². The summed E-state index contributed by atoms with van der Waals surface area (Å²) >= 11 is 1.34. The molecule has 0 bridgehead atoms. The van der Waals surface area contributed by atoms with Crippen LogP contribution in [0.1, 0.15) is 50.3 Å². The molecule has 0 atom stereocenters. The van der Waals surface area contributed by atoms with E-state index in [9.17, 15) is 4.79 Å². The Labute approximate surface area is 157 Å². The third-order valence-electron chi connectivity index (χ3n) is 4.19. The Kier molecular flexibility index (Phi) is 6.60. The molecule has 1 aromatic heterocycles. The number of aromatic nitrogens is 1. The standard InChI is InChI=1S/C19H23N3O3S/c1-14(15-8-4-2-5-9-15)22-24-12-16-13-26-18(20-16)21-19(23)25-17-10-6-3-7-11-17/h2,4-5,8-9,13,17H,3,6-7,10-12H2,1H3,(H,20,21,23)/b22-14+. The van der Waals surface area contributed by atoms with E-state index >= 15 is 0 Å². The maximum Gasteiger partial charge on any atom is 0.413 e. The van der Waals surface area contributed by atoms with Gasteiger partial charge in [0.2, 0.25) is 0 Å². The fourth-order valence-electron chi connectivity index (χ4n) is 2.81. The molecule has 1 aliphatic rings. The van der Waals surface area contributed by atoms with Gasteiger partial charge in [-0.25, -0.2) is 9.78 Å². The number of nitrogens with zero attached hydrogens (tertiary/aromatic N) is 2. The van der Waals surface area contributed by atoms with Crippen molar-refractivity contribution in [1.82, 2.24) is 4.98 Å². The Morgan fingerprint density at radius 1 is 1.27 bits per heavy atom. The molecular weight excluding hydrogens is 350 g/mol. The van der Waals surface area contributed by atoms with E-state index in [1.807, 2.05) is 42.6 Å². The number of oxime groups is 1. The first-order valence-corrected chi connectivity index (χ1v) is 9.72. The summed E-state index contributed by atoms with van der Waals surface area (Å²) in [6, 6.07) is 9.83. The predicted octanol–water partition coefficient (Wildman–Crippen LogP) is 4.97. The zero-order chi connectivity index (χ0) is 18.2. The van der Waals surface area contributed by atoms with Crippen LogP contribution in [-0.2, 0) is 16.2 Å². The fourth-order valence-corrected chi connectivity index (χ4v) is 3.49. The monoisotopic (exact) mass is 373 g/mol. The molecule has 1 saturated carbocycles. The quantitative estimate of drug-likeness (QED) is 0.573. The molecule has 1 fully saturated rings. The van der Waals surface area contributed by atoms with E-state index in [0.29, 0.717) is 10.8 Å². The largest absolute Gasteiger partial charge is 0.446 e. The second-order valence-corrected chi connectivity index (χ2v) is 7.11. The molecule has 138 valence electrons. The highest BCUT2D eigenvalue weighted by Gasteiger charge is 2.18. The lowest BCUT2D eigenvalue weighted by Crippen LogP contribution is -2.24. The zero-order valence-electron chi connectivity index (χ0n) is 14.8. The molecule has 0 unspecified atom stereocenters. The van der Waals surface area contributed by atoms with Crippen LogP contribution >= 0.6 is 11.3 Å². The summed E-state index contributed by atoms with van der Waals surface area (Å²) < 4.78 is 5.43. The van der Waals surface area contributed by atoms with Gasteiger partial charge in [-0.05, 0) is 38.2 Å². The molecule has 1 aliphatic carbocycles. The van der Waals surface area contributed by atoms with Crippen molar-refractivity contribution < 1.29 is 14.4 Å². The van der Waals surface area contributed by atoms with Crippen molar-refractivity contribution in [2.75, 3.05) is 5.32 Å². The van der Waals surface area contributed by atoms with Crippen LogP contribution in [0.25, 0.3) is 0 Å². The lowest BCUT2D eigenvalue weighted by atomic mass is 9.98. The first-order chi connectivity index (χ1) is 12.7. The molecule has 1 heterocycles. The summed E-state index contributed by atoms with van der Waals surface area (Å²) in [4.78, 5) is 21.6. The van der Waals surface area contributed by atoms with Gasteiger partial charge in [-0.3, -0.25) is 5.32 Å². The highest BCUT2D eigenvalue weighted by Crippen LogP contribution is 2.22. The molecule has 3 rings (SSSR count). The first-order valence-electron chi connectivity index (χ1n) is 8.85. The first kappa shape index (κ1) is 18.4. The lowest BCUT2D eigenvalue weighted by Gasteiger charge is -2.21. The van der Waals surface area contributed by atoms with Crippen molar-refractivity contribution >= 4 is 28.3 Å². The van der Waals surface area contributed by atoms with Crippen LogP contribution < -0.4 is 5.32 Å². The average molecular weight is 373 g/mol. The van der Waals surface area contributed by atoms with Crippen LogP contribution in [0.3, 0.4) is 0 Å². The van der Waals surface area contributed by atoms with E-state index in [1.54, 1.807) is 0 Å². The van der Waals surface area contributed by atoms with E-state index in [2.05, 4.69) is 15.5 Å². The van der Waals surface area contributed by atoms with Gasteiger partial charge in [-0.2, -0.15) is 0 Å². The van der Waals surface area contributed by atoms with Crippen molar-refractivity contribution in [3.8, 4) is 0 Å². The topological polar surface area (TPSA) is 72.8 Å². The molecular formula is C19H23N3O3S. The molecule has 7 heteroatoms. The maximum atomic E-state index is 11.9. The number of ether oxygens (including phenoxy) is 1. The normalized spacial score (nSPS) is 15.5. The molecule has 6 nitrogen and oxygen atoms in total. The molecule has 2 aromatic rings. The average Bonchev–Trinajstić information content (AvgIpc) is 3.10. The number of rotatable bonds is 6. The van der Waals surface area contributed by atoms with Gasteiger partial charge in [-0.1, -0.05) is 41.9 Å². The van der Waals surface area contributed by atoms with E-state index in [0.717, 1.165) is 37.0 Å². The number of thiazole rings is 1. The molecule has 1 aromatic carbocycles. The van der Waals surface area contributed by atoms with Gasteiger partial charge in [0.05, 0.1) is 11.4 Å². The number of carbonyl (C=O) groups excluding carboxylic acids is 1. The Balaban J connectivity index is 1.45. The highest BCUT2D eigenvalue weighted by molar-refractivity contribution is 7.13. The van der Waals surface area contributed by atoms with Gasteiger partial charge in [0.1, 0.15) is 6.10 Å². The molecule has 1 N–H and O–H groups in total. The molecule has 1 amide bonds. The third kappa shape index (κ3) is 5.56. The molecule has 0 aliphatic heterocycles. The second-order valence-electron chi connectivity index (χ2n) is 6.25. The van der Waals surface area contributed by atoms with Crippen molar-refractivity contribution in [2.45, 2.75) is 51.7 Å². The summed E-state index contributed by atoms with van der Waals surface area (Å²) in [7, 11) is 0. The van der Waals surface area contributed by atoms with Crippen LogP contribution in [0.5, 0.6) is 0 Å². The van der Waals surface area contributed by atoms with Crippen LogP contribution in [0.4, 0.5) is 9.93 Å². The molecule has 0 saturated heterocycles. The van der Waals surface area contributed by atoms with Crippen LogP contribution in [0, 0.1) is 0 Å². The Hall–Kier alpha value is -2.41. The minimum Gasteiger partial charge on any atom is -0.446 e. The summed E-state index contributed by atoms with van der Waals surface area (Å²) in [5, 5.41) is 9.14. The number of benzene rings is 1. The molecule has 0 radical (unpaired) electrons. The SMILES string of the molecule is C/C(=N\OCc1csc(NC(=O)OC2CCCCC2)n1)c1ccccc1. The summed E-state index contributed by atoms with van der Waals surface area (Å²) in [6.07, 6.45) is 4.97. The van der Waals surface area contributed by atoms with E-state index in [1.165, 1.54) is 17.8 Å². The smallest absolute Gasteiger partial charge is 0.413 e. The molecule has 0 spiro atoms. The van der Waals surface area contributed by atoms with Gasteiger partial charge >= 0.3 is 6.09 Å². The zero-order valence-corrected chi connectivity index (χ0v) is 15.6. The third-order valence-corrected chi connectivity index (χ3v) is 5.00. The number of anilines is 1. The Bertz CT molecular complexity index is 739. The van der Waals surface area contributed by atoms with E-state index in [-0.39, 0.29) is 12.7 Å². The van der Waals surface area contributed by atoms with Crippen LogP contribution in [0.2, 0.25) is 0 Å². The van der Waals surface area contributed by atoms with E-state index in [4.69, 9.17) is 9.57 Å². The van der Waals surface area contributed by atoms with Gasteiger partial charge in [0.25, 0.3) is 0 Å². The Morgan fingerprint density at radius 3 is 2.81 bits per heavy atom. The van der Waals surface area contributed by atoms with Gasteiger partial charge in [-0.15, -0.1) is 11.3 Å². The van der Waals surface area contributed by atoms with Crippen LogP contribution in [-0.4, -0.2) is 22.9 Å². The fraction of sp³-hybridized carbons (Fsp3) is 0.421. The number of amides is 1. The van der Waals surface area contributed by atoms with Gasteiger partial charge in [0.15, 0.2) is 11.7 Å². The lowest BCUT2D eigenvalue weighted by molar-refractivity contribution is 0.0865. The van der Waals surface area contributed by atoms with Crippen molar-refractivity contribution in [2.24, 2.45) is 5.16 Å². The number of hydrogen-bond acceptors (Lipinski definition) is 6. The molecule has 26 heavy (non-hydrogen) atoms. The van der Waals surface area contributed by atoms with Crippen molar-refractivity contribution in [3.05, 3.63) is 47.0 Å².